The summed E-state index contributed by atoms with van der Waals surface area (Å²) < 4.78 is 11.5. The molecule has 7 heteroatoms. The van der Waals surface area contributed by atoms with Crippen LogP contribution in [0.3, 0.4) is 0 Å². The maximum absolute atomic E-state index is 12.5. The zero-order valence-corrected chi connectivity index (χ0v) is 20.2. The monoisotopic (exact) mass is 473 g/mol. The molecule has 0 atom stereocenters. The lowest BCUT2D eigenvalue weighted by molar-refractivity contribution is 0.0977. The standard InChI is InChI=1S/C27H27N3O3S/c1-4-18-10-13-24-23(14-18)29-25(33-24)15-19-8-11-21(12-9-19)28-27(34)30-26(31)20-6-5-7-22(16-20)32-17(2)3/h5-14,16-17H,4,15H2,1-3H3,(H2,28,30,31,34). The summed E-state index contributed by atoms with van der Waals surface area (Å²) in [6.45, 7) is 5.99. The topological polar surface area (TPSA) is 76.4 Å². The molecule has 0 aliphatic heterocycles. The maximum atomic E-state index is 12.5. The summed E-state index contributed by atoms with van der Waals surface area (Å²) in [5.41, 5.74) is 5.23. The number of carbonyl (C=O) groups is 1. The van der Waals surface area contributed by atoms with Crippen LogP contribution < -0.4 is 15.4 Å². The van der Waals surface area contributed by atoms with Crippen molar-refractivity contribution in [3.8, 4) is 5.75 Å². The lowest BCUT2D eigenvalue weighted by Gasteiger charge is -2.12. The minimum atomic E-state index is -0.300. The fourth-order valence-corrected chi connectivity index (χ4v) is 3.73. The largest absolute Gasteiger partial charge is 0.491 e. The second-order valence-corrected chi connectivity index (χ2v) is 8.65. The van der Waals surface area contributed by atoms with Gasteiger partial charge in [0.05, 0.1) is 6.10 Å². The molecule has 0 radical (unpaired) electrons. The van der Waals surface area contributed by atoms with Crippen molar-refractivity contribution in [1.82, 2.24) is 10.3 Å². The average Bonchev–Trinajstić information content (AvgIpc) is 3.21. The van der Waals surface area contributed by atoms with E-state index in [-0.39, 0.29) is 17.1 Å². The van der Waals surface area contributed by atoms with E-state index in [1.54, 1.807) is 18.2 Å². The summed E-state index contributed by atoms with van der Waals surface area (Å²) in [4.78, 5) is 17.2. The molecule has 2 N–H and O–H groups in total. The molecule has 0 bridgehead atoms. The highest BCUT2D eigenvalue weighted by atomic mass is 32.1. The lowest BCUT2D eigenvalue weighted by Crippen LogP contribution is -2.34. The molecule has 0 fully saturated rings. The van der Waals surface area contributed by atoms with Gasteiger partial charge in [-0.1, -0.05) is 31.2 Å². The third kappa shape index (κ3) is 5.99. The van der Waals surface area contributed by atoms with Gasteiger partial charge >= 0.3 is 0 Å². The van der Waals surface area contributed by atoms with Crippen LogP contribution in [0.5, 0.6) is 5.75 Å². The Morgan fingerprint density at radius 2 is 1.82 bits per heavy atom. The number of fused-ring (bicyclic) bond motifs is 1. The number of benzene rings is 3. The second kappa shape index (κ2) is 10.5. The quantitative estimate of drug-likeness (QED) is 0.326. The smallest absolute Gasteiger partial charge is 0.257 e. The van der Waals surface area contributed by atoms with Gasteiger partial charge in [0.1, 0.15) is 11.3 Å². The number of aromatic nitrogens is 1. The normalized spacial score (nSPS) is 10.9. The Labute approximate surface area is 204 Å². The molecule has 0 aliphatic rings. The number of carbonyl (C=O) groups excluding carboxylic acids is 1. The molecule has 1 aromatic heterocycles. The number of thiocarbonyl (C=S) groups is 1. The van der Waals surface area contributed by atoms with Gasteiger partial charge < -0.3 is 14.5 Å². The van der Waals surface area contributed by atoms with Crippen molar-refractivity contribution in [3.63, 3.8) is 0 Å². The van der Waals surface area contributed by atoms with Crippen LogP contribution in [0.4, 0.5) is 5.69 Å². The number of anilines is 1. The van der Waals surface area contributed by atoms with Gasteiger partial charge in [0.15, 0.2) is 16.6 Å². The first kappa shape index (κ1) is 23.4. The van der Waals surface area contributed by atoms with Crippen LogP contribution in [-0.4, -0.2) is 22.1 Å². The minimum Gasteiger partial charge on any atom is -0.491 e. The summed E-state index contributed by atoms with van der Waals surface area (Å²) in [6.07, 6.45) is 1.58. The van der Waals surface area contributed by atoms with E-state index in [1.807, 2.05) is 50.2 Å². The Kier molecular flexibility index (Phi) is 7.23. The van der Waals surface area contributed by atoms with E-state index in [0.717, 1.165) is 28.8 Å². The van der Waals surface area contributed by atoms with E-state index in [0.29, 0.717) is 23.6 Å². The average molecular weight is 474 g/mol. The molecule has 4 aromatic rings. The van der Waals surface area contributed by atoms with Gasteiger partial charge in [-0.05, 0) is 86.1 Å². The molecule has 0 saturated carbocycles. The second-order valence-electron chi connectivity index (χ2n) is 8.24. The predicted octanol–water partition coefficient (Wildman–Crippen LogP) is 5.90. The zero-order valence-electron chi connectivity index (χ0n) is 19.4. The van der Waals surface area contributed by atoms with Gasteiger partial charge in [-0.25, -0.2) is 4.98 Å². The zero-order chi connectivity index (χ0) is 24.1. The van der Waals surface area contributed by atoms with E-state index in [1.165, 1.54) is 5.56 Å². The number of rotatable bonds is 7. The minimum absolute atomic E-state index is 0.0283. The number of hydrogen-bond donors (Lipinski definition) is 2. The molecule has 1 amide bonds. The number of oxazole rings is 1. The van der Waals surface area contributed by atoms with Crippen molar-refractivity contribution >= 4 is 40.0 Å². The number of nitrogens with zero attached hydrogens (tertiary/aromatic N) is 1. The molecule has 34 heavy (non-hydrogen) atoms. The fourth-order valence-electron chi connectivity index (χ4n) is 3.52. The molecule has 1 heterocycles. The lowest BCUT2D eigenvalue weighted by atomic mass is 10.1. The van der Waals surface area contributed by atoms with Crippen molar-refractivity contribution in [2.75, 3.05) is 5.32 Å². The molecular formula is C27H27N3O3S. The van der Waals surface area contributed by atoms with Crippen LogP contribution in [0.2, 0.25) is 0 Å². The molecule has 3 aromatic carbocycles. The van der Waals surface area contributed by atoms with Crippen molar-refractivity contribution in [2.45, 2.75) is 39.7 Å². The maximum Gasteiger partial charge on any atom is 0.257 e. The van der Waals surface area contributed by atoms with E-state index in [2.05, 4.69) is 34.7 Å². The molecule has 0 spiro atoms. The van der Waals surface area contributed by atoms with E-state index >= 15 is 0 Å². The van der Waals surface area contributed by atoms with Gasteiger partial charge in [-0.2, -0.15) is 0 Å². The summed E-state index contributed by atoms with van der Waals surface area (Å²) in [7, 11) is 0. The van der Waals surface area contributed by atoms with Crippen LogP contribution in [0.25, 0.3) is 11.1 Å². The summed E-state index contributed by atoms with van der Waals surface area (Å²) >= 11 is 5.31. The Hall–Kier alpha value is -3.71. The molecule has 0 aliphatic carbocycles. The Balaban J connectivity index is 1.34. The Morgan fingerprint density at radius 1 is 1.06 bits per heavy atom. The summed E-state index contributed by atoms with van der Waals surface area (Å²) in [5.74, 6) is 1.02. The number of ether oxygens (including phenoxy) is 1. The van der Waals surface area contributed by atoms with Gasteiger partial charge in [0, 0.05) is 17.7 Å². The van der Waals surface area contributed by atoms with E-state index < -0.39 is 0 Å². The van der Waals surface area contributed by atoms with Gasteiger partial charge in [0.2, 0.25) is 0 Å². The third-order valence-electron chi connectivity index (χ3n) is 5.17. The Bertz CT molecular complexity index is 1310. The number of amides is 1. The Morgan fingerprint density at radius 3 is 2.56 bits per heavy atom. The first-order valence-corrected chi connectivity index (χ1v) is 11.7. The molecule has 6 nitrogen and oxygen atoms in total. The van der Waals surface area contributed by atoms with Gasteiger partial charge in [0.25, 0.3) is 5.91 Å². The first-order valence-electron chi connectivity index (χ1n) is 11.3. The summed E-state index contributed by atoms with van der Waals surface area (Å²) in [6, 6.07) is 20.9. The van der Waals surface area contributed by atoms with E-state index in [9.17, 15) is 4.79 Å². The molecule has 174 valence electrons. The van der Waals surface area contributed by atoms with Crippen molar-refractivity contribution in [3.05, 3.63) is 89.3 Å². The van der Waals surface area contributed by atoms with Crippen molar-refractivity contribution in [1.29, 1.82) is 0 Å². The predicted molar refractivity (Wildman–Crippen MR) is 139 cm³/mol. The molecule has 4 rings (SSSR count). The SMILES string of the molecule is CCc1ccc2oc(Cc3ccc(NC(=S)NC(=O)c4cccc(OC(C)C)c4)cc3)nc2c1. The number of hydrogen-bond acceptors (Lipinski definition) is 5. The van der Waals surface area contributed by atoms with E-state index in [4.69, 9.17) is 21.4 Å². The summed E-state index contributed by atoms with van der Waals surface area (Å²) in [5, 5.41) is 5.97. The number of aryl methyl sites for hydroxylation is 1. The van der Waals surface area contributed by atoms with Crippen LogP contribution >= 0.6 is 12.2 Å². The molecule has 0 saturated heterocycles. The highest BCUT2D eigenvalue weighted by Gasteiger charge is 2.11. The van der Waals surface area contributed by atoms with Gasteiger partial charge in [-0.15, -0.1) is 0 Å². The van der Waals surface area contributed by atoms with Crippen molar-refractivity contribution in [2.24, 2.45) is 0 Å². The van der Waals surface area contributed by atoms with Crippen LogP contribution in [0.1, 0.15) is 48.1 Å². The van der Waals surface area contributed by atoms with Gasteiger partial charge in [-0.3, -0.25) is 10.1 Å². The third-order valence-corrected chi connectivity index (χ3v) is 5.37. The fraction of sp³-hybridized carbons (Fsp3) is 0.222. The first-order chi connectivity index (χ1) is 16.4. The van der Waals surface area contributed by atoms with Crippen LogP contribution in [0.15, 0.2) is 71.1 Å². The number of nitrogens with one attached hydrogen (secondary N) is 2. The van der Waals surface area contributed by atoms with Crippen molar-refractivity contribution < 1.29 is 13.9 Å². The highest BCUT2D eigenvalue weighted by molar-refractivity contribution is 7.80. The van der Waals surface area contributed by atoms with Crippen LogP contribution in [0, 0.1) is 0 Å². The molecule has 0 unspecified atom stereocenters. The van der Waals surface area contributed by atoms with Crippen LogP contribution in [-0.2, 0) is 12.8 Å². The highest BCUT2D eigenvalue weighted by Crippen LogP contribution is 2.20. The molecular weight excluding hydrogens is 446 g/mol.